The molecule has 0 bridgehead atoms. The van der Waals surface area contributed by atoms with Crippen LogP contribution in [0.2, 0.25) is 0 Å². The molecular weight excluding hydrogens is 238 g/mol. The summed E-state index contributed by atoms with van der Waals surface area (Å²) in [5, 5.41) is 3.04. The highest BCUT2D eigenvalue weighted by molar-refractivity contribution is 7.91. The van der Waals surface area contributed by atoms with Crippen molar-refractivity contribution in [3.63, 3.8) is 0 Å². The second-order valence-corrected chi connectivity index (χ2v) is 6.12. The summed E-state index contributed by atoms with van der Waals surface area (Å²) in [6.45, 7) is 3.33. The molecule has 17 heavy (non-hydrogen) atoms. The molecule has 0 aliphatic rings. The highest BCUT2D eigenvalue weighted by Crippen LogP contribution is 2.07. The van der Waals surface area contributed by atoms with Crippen LogP contribution < -0.4 is 10.1 Å². The van der Waals surface area contributed by atoms with Crippen LogP contribution in [-0.4, -0.2) is 39.6 Å². The van der Waals surface area contributed by atoms with Gasteiger partial charge in [0.05, 0.1) is 5.75 Å². The Bertz CT molecular complexity index is 403. The maximum atomic E-state index is 11.2. The van der Waals surface area contributed by atoms with Crippen molar-refractivity contribution in [3.05, 3.63) is 30.3 Å². The van der Waals surface area contributed by atoms with Crippen LogP contribution in [-0.2, 0) is 9.84 Å². The fourth-order valence-corrected chi connectivity index (χ4v) is 2.00. The molecule has 0 saturated carbocycles. The Labute approximate surface area is 103 Å². The molecule has 0 radical (unpaired) electrons. The number of nitrogens with one attached hydrogen (secondary N) is 1. The van der Waals surface area contributed by atoms with E-state index in [1.807, 2.05) is 30.3 Å². The first-order valence-electron chi connectivity index (χ1n) is 5.73. The van der Waals surface area contributed by atoms with Crippen molar-refractivity contribution < 1.29 is 13.2 Å². The van der Waals surface area contributed by atoms with Gasteiger partial charge in [0.1, 0.15) is 12.4 Å². The van der Waals surface area contributed by atoms with E-state index in [1.165, 1.54) is 0 Å². The van der Waals surface area contributed by atoms with Crippen LogP contribution in [0.5, 0.6) is 5.75 Å². The minimum absolute atomic E-state index is 0.189. The predicted octanol–water partition coefficient (Wildman–Crippen LogP) is 1.09. The zero-order chi connectivity index (χ0) is 12.6. The Balaban J connectivity index is 2.06. The second-order valence-electron chi connectivity index (χ2n) is 3.65. The monoisotopic (exact) mass is 257 g/mol. The van der Waals surface area contributed by atoms with E-state index in [1.54, 1.807) is 6.92 Å². The van der Waals surface area contributed by atoms with Crippen LogP contribution in [0.15, 0.2) is 30.3 Å². The van der Waals surface area contributed by atoms with Crippen LogP contribution in [0, 0.1) is 0 Å². The van der Waals surface area contributed by atoms with Crippen molar-refractivity contribution in [1.29, 1.82) is 0 Å². The van der Waals surface area contributed by atoms with E-state index in [9.17, 15) is 8.42 Å². The van der Waals surface area contributed by atoms with Crippen LogP contribution in [0.3, 0.4) is 0 Å². The van der Waals surface area contributed by atoms with Gasteiger partial charge in [-0.15, -0.1) is 0 Å². The van der Waals surface area contributed by atoms with Gasteiger partial charge in [-0.1, -0.05) is 25.1 Å². The summed E-state index contributed by atoms with van der Waals surface area (Å²) in [4.78, 5) is 0. The fourth-order valence-electron chi connectivity index (χ4n) is 1.25. The largest absolute Gasteiger partial charge is 0.492 e. The first-order chi connectivity index (χ1) is 8.14. The molecule has 0 atom stereocenters. The van der Waals surface area contributed by atoms with Gasteiger partial charge in [0.2, 0.25) is 0 Å². The van der Waals surface area contributed by atoms with Crippen molar-refractivity contribution in [1.82, 2.24) is 5.32 Å². The Morgan fingerprint density at radius 2 is 1.88 bits per heavy atom. The number of rotatable bonds is 8. The predicted molar refractivity (Wildman–Crippen MR) is 69.1 cm³/mol. The molecule has 0 aliphatic heterocycles. The van der Waals surface area contributed by atoms with Crippen molar-refractivity contribution >= 4 is 9.84 Å². The van der Waals surface area contributed by atoms with Gasteiger partial charge in [0.25, 0.3) is 0 Å². The van der Waals surface area contributed by atoms with E-state index in [0.29, 0.717) is 19.7 Å². The van der Waals surface area contributed by atoms with E-state index < -0.39 is 9.84 Å². The highest BCUT2D eigenvalue weighted by atomic mass is 32.2. The lowest BCUT2D eigenvalue weighted by Gasteiger charge is -2.07. The first-order valence-corrected chi connectivity index (χ1v) is 7.55. The van der Waals surface area contributed by atoms with E-state index in [0.717, 1.165) is 5.75 Å². The summed E-state index contributed by atoms with van der Waals surface area (Å²) < 4.78 is 27.8. The van der Waals surface area contributed by atoms with Crippen LogP contribution in [0.25, 0.3) is 0 Å². The van der Waals surface area contributed by atoms with Crippen LogP contribution in [0.4, 0.5) is 0 Å². The van der Waals surface area contributed by atoms with Gasteiger partial charge in [0.15, 0.2) is 9.84 Å². The molecule has 0 aromatic heterocycles. The first kappa shape index (κ1) is 14.0. The molecule has 1 N–H and O–H groups in total. The highest BCUT2D eigenvalue weighted by Gasteiger charge is 2.05. The summed E-state index contributed by atoms with van der Waals surface area (Å²) in [6, 6.07) is 9.54. The maximum Gasteiger partial charge on any atom is 0.151 e. The third kappa shape index (κ3) is 6.28. The lowest BCUT2D eigenvalue weighted by Crippen LogP contribution is -2.27. The minimum atomic E-state index is -2.86. The maximum absolute atomic E-state index is 11.2. The quantitative estimate of drug-likeness (QED) is 0.708. The Morgan fingerprint density at radius 1 is 1.18 bits per heavy atom. The topological polar surface area (TPSA) is 55.4 Å². The Kier molecular flexibility index (Phi) is 6.00. The lowest BCUT2D eigenvalue weighted by atomic mass is 10.3. The Morgan fingerprint density at radius 3 is 2.53 bits per heavy atom. The van der Waals surface area contributed by atoms with Gasteiger partial charge in [-0.05, 0) is 12.1 Å². The molecule has 0 fully saturated rings. The van der Waals surface area contributed by atoms with Crippen molar-refractivity contribution in [2.75, 3.05) is 31.2 Å². The number of hydrogen-bond acceptors (Lipinski definition) is 4. The molecule has 0 heterocycles. The number of benzene rings is 1. The molecule has 1 rings (SSSR count). The molecule has 0 spiro atoms. The van der Waals surface area contributed by atoms with E-state index >= 15 is 0 Å². The van der Waals surface area contributed by atoms with Crippen molar-refractivity contribution in [2.24, 2.45) is 0 Å². The van der Waals surface area contributed by atoms with Gasteiger partial charge in [0, 0.05) is 18.8 Å². The zero-order valence-electron chi connectivity index (χ0n) is 10.1. The summed E-state index contributed by atoms with van der Waals surface area (Å²) in [6.07, 6.45) is 0. The van der Waals surface area contributed by atoms with E-state index in [-0.39, 0.29) is 11.5 Å². The fraction of sp³-hybridized carbons (Fsp3) is 0.500. The van der Waals surface area contributed by atoms with Gasteiger partial charge in [-0.25, -0.2) is 8.42 Å². The van der Waals surface area contributed by atoms with Crippen LogP contribution >= 0.6 is 0 Å². The molecule has 4 nitrogen and oxygen atoms in total. The molecule has 5 heteroatoms. The Hall–Kier alpha value is -1.07. The standard InChI is InChI=1S/C12H19NO3S/c1-2-17(14,15)11-9-13-8-10-16-12-6-4-3-5-7-12/h3-7,13H,2,8-11H2,1H3. The summed E-state index contributed by atoms with van der Waals surface area (Å²) >= 11 is 0. The zero-order valence-corrected chi connectivity index (χ0v) is 10.9. The third-order valence-electron chi connectivity index (χ3n) is 2.32. The SMILES string of the molecule is CCS(=O)(=O)CCNCCOc1ccccc1. The molecule has 0 aliphatic carbocycles. The van der Waals surface area contributed by atoms with Gasteiger partial charge >= 0.3 is 0 Å². The van der Waals surface area contributed by atoms with Gasteiger partial charge < -0.3 is 10.1 Å². The normalized spacial score (nSPS) is 11.4. The molecule has 0 unspecified atom stereocenters. The third-order valence-corrected chi connectivity index (χ3v) is 4.03. The number of ether oxygens (including phenoxy) is 1. The van der Waals surface area contributed by atoms with Crippen molar-refractivity contribution in [2.45, 2.75) is 6.92 Å². The summed E-state index contributed by atoms with van der Waals surface area (Å²) in [7, 11) is -2.86. The summed E-state index contributed by atoms with van der Waals surface area (Å²) in [5.74, 6) is 1.22. The van der Waals surface area contributed by atoms with Gasteiger partial charge in [-0.3, -0.25) is 0 Å². The smallest absolute Gasteiger partial charge is 0.151 e. The molecule has 96 valence electrons. The lowest BCUT2D eigenvalue weighted by molar-refractivity contribution is 0.315. The van der Waals surface area contributed by atoms with E-state index in [4.69, 9.17) is 4.74 Å². The molecule has 1 aromatic rings. The average molecular weight is 257 g/mol. The van der Waals surface area contributed by atoms with Crippen molar-refractivity contribution in [3.8, 4) is 5.75 Å². The molecule has 1 aromatic carbocycles. The van der Waals surface area contributed by atoms with Gasteiger partial charge in [-0.2, -0.15) is 0 Å². The van der Waals surface area contributed by atoms with Crippen LogP contribution in [0.1, 0.15) is 6.92 Å². The second kappa shape index (κ2) is 7.29. The number of hydrogen-bond donors (Lipinski definition) is 1. The summed E-state index contributed by atoms with van der Waals surface area (Å²) in [5.41, 5.74) is 0. The molecule has 0 amide bonds. The number of sulfone groups is 1. The average Bonchev–Trinajstić information content (AvgIpc) is 2.35. The number of para-hydroxylation sites is 1. The minimum Gasteiger partial charge on any atom is -0.492 e. The molecular formula is C12H19NO3S. The van der Waals surface area contributed by atoms with E-state index in [2.05, 4.69) is 5.32 Å². The molecule has 0 saturated heterocycles.